The molecular weight excluding hydrogens is 255 g/mol. The maximum Gasteiger partial charge on any atom is 0.0541 e. The Bertz CT molecular complexity index is 446. The number of rotatable bonds is 4. The van der Waals surface area contributed by atoms with Gasteiger partial charge in [-0.1, -0.05) is 29.8 Å². The summed E-state index contributed by atoms with van der Waals surface area (Å²) in [6.07, 6.45) is 1.80. The van der Waals surface area contributed by atoms with E-state index in [1.54, 1.807) is 6.20 Å². The van der Waals surface area contributed by atoms with Crippen molar-refractivity contribution in [1.29, 1.82) is 0 Å². The van der Waals surface area contributed by atoms with Crippen molar-refractivity contribution in [1.82, 2.24) is 10.3 Å². The molecule has 0 aliphatic carbocycles. The molecule has 2 nitrogen and oxygen atoms in total. The molecule has 90 valence electrons. The highest BCUT2D eigenvalue weighted by Crippen LogP contribution is 2.10. The van der Waals surface area contributed by atoms with E-state index >= 15 is 0 Å². The van der Waals surface area contributed by atoms with Crippen molar-refractivity contribution in [3.63, 3.8) is 0 Å². The number of nitrogens with zero attached hydrogens (tertiary/aromatic N) is 1. The molecule has 0 aliphatic heterocycles. The van der Waals surface area contributed by atoms with Crippen LogP contribution in [0, 0.1) is 0 Å². The SMILES string of the molecule is Cl.Clc1cccc(CNCc2ccccn2)c1. The van der Waals surface area contributed by atoms with Crippen molar-refractivity contribution in [3.05, 3.63) is 64.9 Å². The van der Waals surface area contributed by atoms with Gasteiger partial charge >= 0.3 is 0 Å². The fraction of sp³-hybridized carbons (Fsp3) is 0.154. The van der Waals surface area contributed by atoms with Crippen molar-refractivity contribution < 1.29 is 0 Å². The van der Waals surface area contributed by atoms with Gasteiger partial charge in [-0.25, -0.2) is 0 Å². The molecule has 1 aromatic carbocycles. The summed E-state index contributed by atoms with van der Waals surface area (Å²) in [6, 6.07) is 13.8. The number of hydrogen-bond donors (Lipinski definition) is 1. The number of benzene rings is 1. The van der Waals surface area contributed by atoms with Crippen LogP contribution in [-0.4, -0.2) is 4.98 Å². The third-order valence-electron chi connectivity index (χ3n) is 2.25. The van der Waals surface area contributed by atoms with E-state index in [9.17, 15) is 0 Å². The van der Waals surface area contributed by atoms with Gasteiger partial charge in [0.05, 0.1) is 5.69 Å². The van der Waals surface area contributed by atoms with Gasteiger partial charge in [-0.3, -0.25) is 4.98 Å². The van der Waals surface area contributed by atoms with E-state index in [1.807, 2.05) is 36.4 Å². The van der Waals surface area contributed by atoms with Gasteiger partial charge in [0.25, 0.3) is 0 Å². The lowest BCUT2D eigenvalue weighted by Crippen LogP contribution is -2.13. The van der Waals surface area contributed by atoms with Gasteiger partial charge in [-0.2, -0.15) is 0 Å². The molecule has 0 amide bonds. The van der Waals surface area contributed by atoms with Crippen molar-refractivity contribution in [2.24, 2.45) is 0 Å². The fourth-order valence-electron chi connectivity index (χ4n) is 1.48. The highest BCUT2D eigenvalue weighted by atomic mass is 35.5. The minimum Gasteiger partial charge on any atom is -0.307 e. The van der Waals surface area contributed by atoms with Crippen molar-refractivity contribution in [2.75, 3.05) is 0 Å². The Morgan fingerprint density at radius 2 is 1.94 bits per heavy atom. The second-order valence-corrected chi connectivity index (χ2v) is 3.99. The van der Waals surface area contributed by atoms with E-state index in [4.69, 9.17) is 11.6 Å². The molecule has 0 unspecified atom stereocenters. The molecule has 17 heavy (non-hydrogen) atoms. The summed E-state index contributed by atoms with van der Waals surface area (Å²) in [5.74, 6) is 0. The van der Waals surface area contributed by atoms with Gasteiger partial charge < -0.3 is 5.32 Å². The Labute approximate surface area is 112 Å². The standard InChI is InChI=1S/C13H13ClN2.ClH/c14-12-5-3-4-11(8-12)9-15-10-13-6-1-2-7-16-13;/h1-8,15H,9-10H2;1H. The van der Waals surface area contributed by atoms with Crippen molar-refractivity contribution in [3.8, 4) is 0 Å². The molecule has 0 radical (unpaired) electrons. The average molecular weight is 269 g/mol. The smallest absolute Gasteiger partial charge is 0.0541 e. The minimum atomic E-state index is 0. The van der Waals surface area contributed by atoms with E-state index in [2.05, 4.69) is 16.4 Å². The molecule has 0 bridgehead atoms. The molecule has 1 heterocycles. The Morgan fingerprint density at radius 1 is 1.06 bits per heavy atom. The van der Waals surface area contributed by atoms with Crippen LogP contribution in [0.15, 0.2) is 48.7 Å². The summed E-state index contributed by atoms with van der Waals surface area (Å²) in [5.41, 5.74) is 2.23. The average Bonchev–Trinajstić information content (AvgIpc) is 2.30. The van der Waals surface area contributed by atoms with Crippen LogP contribution in [0.25, 0.3) is 0 Å². The Balaban J connectivity index is 0.00000144. The molecule has 2 rings (SSSR count). The molecule has 0 aliphatic rings. The zero-order chi connectivity index (χ0) is 11.2. The number of aromatic nitrogens is 1. The van der Waals surface area contributed by atoms with Crippen LogP contribution >= 0.6 is 24.0 Å². The Morgan fingerprint density at radius 3 is 2.65 bits per heavy atom. The van der Waals surface area contributed by atoms with Gasteiger partial charge in [-0.15, -0.1) is 12.4 Å². The molecular formula is C13H14Cl2N2. The highest BCUT2D eigenvalue weighted by Gasteiger charge is 1.95. The summed E-state index contributed by atoms with van der Waals surface area (Å²) in [6.45, 7) is 1.57. The molecule has 1 N–H and O–H groups in total. The summed E-state index contributed by atoms with van der Waals surface area (Å²) >= 11 is 5.90. The fourth-order valence-corrected chi connectivity index (χ4v) is 1.70. The zero-order valence-electron chi connectivity index (χ0n) is 9.27. The summed E-state index contributed by atoms with van der Waals surface area (Å²) in [7, 11) is 0. The lowest BCUT2D eigenvalue weighted by atomic mass is 10.2. The van der Waals surface area contributed by atoms with E-state index in [0.29, 0.717) is 0 Å². The predicted octanol–water partition coefficient (Wildman–Crippen LogP) is 3.45. The van der Waals surface area contributed by atoms with E-state index in [0.717, 1.165) is 23.8 Å². The Hall–Kier alpha value is -1.09. The molecule has 0 saturated heterocycles. The maximum atomic E-state index is 5.90. The molecule has 0 saturated carbocycles. The first-order chi connectivity index (χ1) is 7.84. The van der Waals surface area contributed by atoms with Crippen molar-refractivity contribution in [2.45, 2.75) is 13.1 Å². The first-order valence-corrected chi connectivity index (χ1v) is 5.57. The number of halogens is 2. The lowest BCUT2D eigenvalue weighted by Gasteiger charge is -2.04. The van der Waals surface area contributed by atoms with Crippen molar-refractivity contribution >= 4 is 24.0 Å². The predicted molar refractivity (Wildman–Crippen MR) is 73.5 cm³/mol. The van der Waals surface area contributed by atoms with Crippen LogP contribution in [0.4, 0.5) is 0 Å². The molecule has 0 fully saturated rings. The normalized spacial score (nSPS) is 9.71. The quantitative estimate of drug-likeness (QED) is 0.919. The highest BCUT2D eigenvalue weighted by molar-refractivity contribution is 6.30. The number of hydrogen-bond acceptors (Lipinski definition) is 2. The van der Waals surface area contributed by atoms with Gasteiger partial charge in [0.2, 0.25) is 0 Å². The first-order valence-electron chi connectivity index (χ1n) is 5.20. The van der Waals surface area contributed by atoms with Gasteiger partial charge in [-0.05, 0) is 29.8 Å². The number of pyridine rings is 1. The van der Waals surface area contributed by atoms with E-state index < -0.39 is 0 Å². The first kappa shape index (κ1) is 14.0. The molecule has 2 aromatic rings. The van der Waals surface area contributed by atoms with Gasteiger partial charge in [0.1, 0.15) is 0 Å². The van der Waals surface area contributed by atoms with Crippen LogP contribution in [0.2, 0.25) is 5.02 Å². The molecule has 0 spiro atoms. The topological polar surface area (TPSA) is 24.9 Å². The zero-order valence-corrected chi connectivity index (χ0v) is 10.8. The third kappa shape index (κ3) is 4.73. The second kappa shape index (κ2) is 7.28. The van der Waals surface area contributed by atoms with Crippen LogP contribution in [0.5, 0.6) is 0 Å². The molecule has 1 aromatic heterocycles. The molecule has 0 atom stereocenters. The monoisotopic (exact) mass is 268 g/mol. The largest absolute Gasteiger partial charge is 0.307 e. The van der Waals surface area contributed by atoms with Crippen LogP contribution in [-0.2, 0) is 13.1 Å². The minimum absolute atomic E-state index is 0. The Kier molecular flexibility index (Phi) is 5.98. The lowest BCUT2D eigenvalue weighted by molar-refractivity contribution is 0.680. The van der Waals surface area contributed by atoms with Gasteiger partial charge in [0.15, 0.2) is 0 Å². The van der Waals surface area contributed by atoms with Crippen LogP contribution < -0.4 is 5.32 Å². The second-order valence-electron chi connectivity index (χ2n) is 3.55. The van der Waals surface area contributed by atoms with Gasteiger partial charge in [0, 0.05) is 24.3 Å². The van der Waals surface area contributed by atoms with E-state index in [-0.39, 0.29) is 12.4 Å². The molecule has 4 heteroatoms. The number of nitrogens with one attached hydrogen (secondary N) is 1. The summed E-state index contributed by atoms with van der Waals surface area (Å²) in [5, 5.41) is 4.10. The van der Waals surface area contributed by atoms with E-state index in [1.165, 1.54) is 5.56 Å². The summed E-state index contributed by atoms with van der Waals surface area (Å²) in [4.78, 5) is 4.24. The third-order valence-corrected chi connectivity index (χ3v) is 2.49. The van der Waals surface area contributed by atoms with Crippen LogP contribution in [0.3, 0.4) is 0 Å². The van der Waals surface area contributed by atoms with Crippen LogP contribution in [0.1, 0.15) is 11.3 Å². The summed E-state index contributed by atoms with van der Waals surface area (Å²) < 4.78 is 0. The maximum absolute atomic E-state index is 5.90.